The predicted octanol–water partition coefficient (Wildman–Crippen LogP) is 3.63. The van der Waals surface area contributed by atoms with E-state index in [1.165, 1.54) is 5.56 Å². The highest BCUT2D eigenvalue weighted by Crippen LogP contribution is 2.29. The zero-order chi connectivity index (χ0) is 14.8. The summed E-state index contributed by atoms with van der Waals surface area (Å²) in [5.74, 6) is 0.0942. The lowest BCUT2D eigenvalue weighted by atomic mass is 9.99. The van der Waals surface area contributed by atoms with Crippen LogP contribution in [0.1, 0.15) is 27.9 Å². The molecule has 1 heterocycles. The SMILES string of the molecule is CNc1cccc(C(=O)N2CCCc3ccccc32)c1C. The summed E-state index contributed by atoms with van der Waals surface area (Å²) in [6.45, 7) is 2.79. The summed E-state index contributed by atoms with van der Waals surface area (Å²) < 4.78 is 0. The van der Waals surface area contributed by atoms with Gasteiger partial charge in [-0.15, -0.1) is 0 Å². The Morgan fingerprint density at radius 2 is 1.95 bits per heavy atom. The molecule has 0 fully saturated rings. The molecule has 0 saturated heterocycles. The largest absolute Gasteiger partial charge is 0.388 e. The number of aryl methyl sites for hydroxylation is 1. The van der Waals surface area contributed by atoms with Gasteiger partial charge < -0.3 is 10.2 Å². The number of nitrogens with one attached hydrogen (secondary N) is 1. The molecule has 0 atom stereocenters. The number of rotatable bonds is 2. The van der Waals surface area contributed by atoms with Gasteiger partial charge in [0.25, 0.3) is 5.91 Å². The van der Waals surface area contributed by atoms with Crippen LogP contribution in [-0.4, -0.2) is 19.5 Å². The number of amides is 1. The number of benzene rings is 2. The molecule has 0 unspecified atom stereocenters. The summed E-state index contributed by atoms with van der Waals surface area (Å²) in [5, 5.41) is 3.14. The highest BCUT2D eigenvalue weighted by atomic mass is 16.2. The maximum Gasteiger partial charge on any atom is 0.258 e. The van der Waals surface area contributed by atoms with Crippen molar-refractivity contribution in [1.29, 1.82) is 0 Å². The lowest BCUT2D eigenvalue weighted by molar-refractivity contribution is 0.0984. The number of hydrogen-bond donors (Lipinski definition) is 1. The monoisotopic (exact) mass is 280 g/mol. The van der Waals surface area contributed by atoms with Crippen molar-refractivity contribution in [2.45, 2.75) is 19.8 Å². The molecule has 3 heteroatoms. The highest BCUT2D eigenvalue weighted by molar-refractivity contribution is 6.08. The van der Waals surface area contributed by atoms with Crippen molar-refractivity contribution in [3.05, 3.63) is 59.2 Å². The molecule has 1 N–H and O–H groups in total. The van der Waals surface area contributed by atoms with E-state index in [4.69, 9.17) is 0 Å². The highest BCUT2D eigenvalue weighted by Gasteiger charge is 2.24. The molecule has 1 aliphatic heterocycles. The van der Waals surface area contributed by atoms with E-state index in [2.05, 4.69) is 11.4 Å². The van der Waals surface area contributed by atoms with E-state index in [9.17, 15) is 4.79 Å². The molecule has 2 aromatic carbocycles. The lowest BCUT2D eigenvalue weighted by Gasteiger charge is -2.30. The van der Waals surface area contributed by atoms with Crippen LogP contribution in [0.4, 0.5) is 11.4 Å². The maximum absolute atomic E-state index is 12.9. The number of carbonyl (C=O) groups excluding carboxylic acids is 1. The average molecular weight is 280 g/mol. The van der Waals surface area contributed by atoms with Gasteiger partial charge >= 0.3 is 0 Å². The number of para-hydroxylation sites is 1. The third-order valence-corrected chi connectivity index (χ3v) is 4.19. The standard InChI is InChI=1S/C18H20N2O/c1-13-15(9-5-10-16(13)19-2)18(21)20-12-6-8-14-7-3-4-11-17(14)20/h3-5,7,9-11,19H,6,8,12H2,1-2H3. The van der Waals surface area contributed by atoms with Crippen molar-refractivity contribution < 1.29 is 4.79 Å². The molecule has 108 valence electrons. The van der Waals surface area contributed by atoms with Crippen molar-refractivity contribution in [3.8, 4) is 0 Å². The van der Waals surface area contributed by atoms with Crippen LogP contribution in [-0.2, 0) is 6.42 Å². The summed E-state index contributed by atoms with van der Waals surface area (Å²) in [4.78, 5) is 14.9. The van der Waals surface area contributed by atoms with Gasteiger partial charge in [0, 0.05) is 30.5 Å². The van der Waals surface area contributed by atoms with Crippen LogP contribution in [0.25, 0.3) is 0 Å². The smallest absolute Gasteiger partial charge is 0.258 e. The van der Waals surface area contributed by atoms with E-state index in [1.54, 1.807) is 0 Å². The molecule has 0 bridgehead atoms. The molecular weight excluding hydrogens is 260 g/mol. The fourth-order valence-electron chi connectivity index (χ4n) is 3.03. The Balaban J connectivity index is 2.01. The van der Waals surface area contributed by atoms with E-state index >= 15 is 0 Å². The Labute approximate surface area is 125 Å². The first-order valence-corrected chi connectivity index (χ1v) is 7.39. The van der Waals surface area contributed by atoms with Crippen LogP contribution < -0.4 is 10.2 Å². The molecule has 0 spiro atoms. The van der Waals surface area contributed by atoms with Crippen LogP contribution in [0.2, 0.25) is 0 Å². The van der Waals surface area contributed by atoms with Crippen molar-refractivity contribution in [2.75, 3.05) is 23.8 Å². The summed E-state index contributed by atoms with van der Waals surface area (Å²) in [6, 6.07) is 14.0. The molecule has 0 aromatic heterocycles. The van der Waals surface area contributed by atoms with E-state index in [-0.39, 0.29) is 5.91 Å². The van der Waals surface area contributed by atoms with Crippen molar-refractivity contribution >= 4 is 17.3 Å². The number of anilines is 2. The van der Waals surface area contributed by atoms with Gasteiger partial charge in [-0.05, 0) is 49.1 Å². The first kappa shape index (κ1) is 13.7. The van der Waals surface area contributed by atoms with Crippen molar-refractivity contribution in [2.24, 2.45) is 0 Å². The molecule has 3 nitrogen and oxygen atoms in total. The van der Waals surface area contributed by atoms with Gasteiger partial charge in [-0.3, -0.25) is 4.79 Å². The Morgan fingerprint density at radius 1 is 1.14 bits per heavy atom. The zero-order valence-corrected chi connectivity index (χ0v) is 12.5. The van der Waals surface area contributed by atoms with Crippen LogP contribution in [0.5, 0.6) is 0 Å². The quantitative estimate of drug-likeness (QED) is 0.911. The van der Waals surface area contributed by atoms with Crippen molar-refractivity contribution in [1.82, 2.24) is 0 Å². The number of hydrogen-bond acceptors (Lipinski definition) is 2. The van der Waals surface area contributed by atoms with Gasteiger partial charge in [-0.25, -0.2) is 0 Å². The van der Waals surface area contributed by atoms with Gasteiger partial charge in [0.1, 0.15) is 0 Å². The zero-order valence-electron chi connectivity index (χ0n) is 12.5. The minimum atomic E-state index is 0.0942. The second-order valence-corrected chi connectivity index (χ2v) is 5.42. The molecule has 2 aromatic rings. The predicted molar refractivity (Wildman–Crippen MR) is 87.2 cm³/mol. The summed E-state index contributed by atoms with van der Waals surface area (Å²) >= 11 is 0. The lowest BCUT2D eigenvalue weighted by Crippen LogP contribution is -2.35. The topological polar surface area (TPSA) is 32.3 Å². The fraction of sp³-hybridized carbons (Fsp3) is 0.278. The Hall–Kier alpha value is -2.29. The Morgan fingerprint density at radius 3 is 2.76 bits per heavy atom. The second kappa shape index (κ2) is 5.60. The molecule has 0 saturated carbocycles. The van der Waals surface area contributed by atoms with Gasteiger partial charge in [-0.2, -0.15) is 0 Å². The van der Waals surface area contributed by atoms with Gasteiger partial charge in [0.05, 0.1) is 0 Å². The maximum atomic E-state index is 12.9. The number of nitrogens with zero attached hydrogens (tertiary/aromatic N) is 1. The first-order valence-electron chi connectivity index (χ1n) is 7.39. The third-order valence-electron chi connectivity index (χ3n) is 4.19. The Bertz CT molecular complexity index is 679. The minimum Gasteiger partial charge on any atom is -0.388 e. The van der Waals surface area contributed by atoms with Crippen LogP contribution >= 0.6 is 0 Å². The number of fused-ring (bicyclic) bond motifs is 1. The summed E-state index contributed by atoms with van der Waals surface area (Å²) in [7, 11) is 1.88. The van der Waals surface area contributed by atoms with Crippen LogP contribution in [0, 0.1) is 6.92 Å². The van der Waals surface area contributed by atoms with Gasteiger partial charge in [0.15, 0.2) is 0 Å². The van der Waals surface area contributed by atoms with Gasteiger partial charge in [-0.1, -0.05) is 24.3 Å². The molecular formula is C18H20N2O. The molecule has 0 radical (unpaired) electrons. The molecule has 1 aliphatic rings. The Kier molecular flexibility index (Phi) is 3.65. The van der Waals surface area contributed by atoms with E-state index < -0.39 is 0 Å². The average Bonchev–Trinajstić information content (AvgIpc) is 2.54. The van der Waals surface area contributed by atoms with Gasteiger partial charge in [0.2, 0.25) is 0 Å². The number of carbonyl (C=O) groups is 1. The van der Waals surface area contributed by atoms with Crippen LogP contribution in [0.15, 0.2) is 42.5 Å². The van der Waals surface area contributed by atoms with E-state index in [0.29, 0.717) is 0 Å². The summed E-state index contributed by atoms with van der Waals surface area (Å²) in [5.41, 5.74) is 5.11. The van der Waals surface area contributed by atoms with Crippen molar-refractivity contribution in [3.63, 3.8) is 0 Å². The normalized spacial score (nSPS) is 13.7. The molecule has 1 amide bonds. The summed E-state index contributed by atoms with van der Waals surface area (Å²) in [6.07, 6.45) is 2.07. The first-order chi connectivity index (χ1) is 10.2. The van der Waals surface area contributed by atoms with E-state index in [0.717, 1.165) is 41.9 Å². The molecule has 0 aliphatic carbocycles. The molecule has 3 rings (SSSR count). The van der Waals surface area contributed by atoms with Crippen LogP contribution in [0.3, 0.4) is 0 Å². The fourth-order valence-corrected chi connectivity index (χ4v) is 3.03. The third kappa shape index (κ3) is 2.40. The second-order valence-electron chi connectivity index (χ2n) is 5.42. The molecule has 21 heavy (non-hydrogen) atoms. The van der Waals surface area contributed by atoms with E-state index in [1.807, 2.05) is 55.3 Å². The minimum absolute atomic E-state index is 0.0942.